The first kappa shape index (κ1) is 14.1. The van der Waals surface area contributed by atoms with Crippen molar-refractivity contribution in [2.24, 2.45) is 5.41 Å². The maximum atomic E-state index is 11.1. The molecule has 2 rings (SSSR count). The van der Waals surface area contributed by atoms with Crippen molar-refractivity contribution >= 4 is 5.97 Å². The summed E-state index contributed by atoms with van der Waals surface area (Å²) in [6, 6.07) is 8.18. The molecule has 1 N–H and O–H groups in total. The molecule has 1 unspecified atom stereocenters. The van der Waals surface area contributed by atoms with E-state index in [0.717, 1.165) is 5.56 Å². The predicted molar refractivity (Wildman–Crippen MR) is 77.5 cm³/mol. The number of carboxylic acid groups (broad SMARTS) is 1. The van der Waals surface area contributed by atoms with Gasteiger partial charge in [-0.05, 0) is 55.1 Å². The van der Waals surface area contributed by atoms with Crippen molar-refractivity contribution in [3.63, 3.8) is 0 Å². The lowest BCUT2D eigenvalue weighted by molar-refractivity contribution is -0.138. The number of benzene rings is 1. The average molecular weight is 260 g/mol. The number of carboxylic acids is 1. The van der Waals surface area contributed by atoms with Gasteiger partial charge in [0.2, 0.25) is 0 Å². The second-order valence-corrected chi connectivity index (χ2v) is 6.67. The van der Waals surface area contributed by atoms with Crippen LogP contribution in [0.3, 0.4) is 0 Å². The van der Waals surface area contributed by atoms with Crippen molar-refractivity contribution in [3.05, 3.63) is 35.4 Å². The monoisotopic (exact) mass is 260 g/mol. The summed E-state index contributed by atoms with van der Waals surface area (Å²) in [6.45, 7) is 6.43. The molecule has 2 heteroatoms. The Morgan fingerprint density at radius 3 is 2.53 bits per heavy atom. The van der Waals surface area contributed by atoms with Crippen molar-refractivity contribution in [1.29, 1.82) is 0 Å². The Balaban J connectivity index is 2.14. The van der Waals surface area contributed by atoms with Crippen molar-refractivity contribution in [3.8, 4) is 0 Å². The van der Waals surface area contributed by atoms with Crippen LogP contribution in [0.5, 0.6) is 0 Å². The molecule has 104 valence electrons. The Morgan fingerprint density at radius 1 is 1.32 bits per heavy atom. The zero-order valence-electron chi connectivity index (χ0n) is 12.1. The van der Waals surface area contributed by atoms with E-state index in [9.17, 15) is 4.79 Å². The molecule has 1 aromatic rings. The Bertz CT molecular complexity index is 452. The molecule has 0 bridgehead atoms. The minimum Gasteiger partial charge on any atom is -0.481 e. The van der Waals surface area contributed by atoms with Gasteiger partial charge in [-0.25, -0.2) is 0 Å². The third kappa shape index (κ3) is 3.37. The molecule has 1 saturated carbocycles. The highest BCUT2D eigenvalue weighted by Crippen LogP contribution is 2.42. The quantitative estimate of drug-likeness (QED) is 0.865. The van der Waals surface area contributed by atoms with Crippen LogP contribution in [0, 0.1) is 5.41 Å². The molecule has 0 heterocycles. The van der Waals surface area contributed by atoms with Gasteiger partial charge < -0.3 is 5.11 Å². The van der Waals surface area contributed by atoms with E-state index < -0.39 is 11.9 Å². The molecule has 0 saturated heterocycles. The van der Waals surface area contributed by atoms with Crippen LogP contribution in [0.15, 0.2) is 24.3 Å². The van der Waals surface area contributed by atoms with E-state index in [2.05, 4.69) is 26.0 Å². The Hall–Kier alpha value is -1.31. The number of hydrogen-bond acceptors (Lipinski definition) is 1. The average Bonchev–Trinajstić information content (AvgIpc) is 2.38. The van der Waals surface area contributed by atoms with Gasteiger partial charge in [0.1, 0.15) is 0 Å². The molecular formula is C17H24O2. The summed E-state index contributed by atoms with van der Waals surface area (Å²) in [5.74, 6) is -0.559. The summed E-state index contributed by atoms with van der Waals surface area (Å²) in [4.78, 5) is 11.1. The normalized spacial score (nSPS) is 21.0. The van der Waals surface area contributed by atoms with Gasteiger partial charge in [0.25, 0.3) is 0 Å². The van der Waals surface area contributed by atoms with Crippen molar-refractivity contribution in [2.75, 3.05) is 0 Å². The Morgan fingerprint density at radius 2 is 1.95 bits per heavy atom. The van der Waals surface area contributed by atoms with Crippen molar-refractivity contribution in [1.82, 2.24) is 0 Å². The molecule has 0 radical (unpaired) electrons. The molecular weight excluding hydrogens is 236 g/mol. The van der Waals surface area contributed by atoms with Gasteiger partial charge in [0.05, 0.1) is 5.92 Å². The Labute approximate surface area is 115 Å². The van der Waals surface area contributed by atoms with Gasteiger partial charge in [-0.1, -0.05) is 38.1 Å². The zero-order valence-corrected chi connectivity index (χ0v) is 12.1. The second kappa shape index (κ2) is 5.36. The topological polar surface area (TPSA) is 37.3 Å². The largest absolute Gasteiger partial charge is 0.481 e. The maximum absolute atomic E-state index is 11.1. The lowest BCUT2D eigenvalue weighted by Gasteiger charge is -2.34. The summed E-state index contributed by atoms with van der Waals surface area (Å²) in [5, 5.41) is 9.11. The molecule has 19 heavy (non-hydrogen) atoms. The second-order valence-electron chi connectivity index (χ2n) is 6.67. The minimum absolute atomic E-state index is 0.417. The van der Waals surface area contributed by atoms with Crippen molar-refractivity contribution in [2.45, 2.75) is 58.3 Å². The third-order valence-corrected chi connectivity index (χ3v) is 4.59. The van der Waals surface area contributed by atoms with E-state index in [0.29, 0.717) is 11.3 Å². The van der Waals surface area contributed by atoms with Crippen LogP contribution in [0.25, 0.3) is 0 Å². The van der Waals surface area contributed by atoms with Crippen LogP contribution in [0.2, 0.25) is 0 Å². The van der Waals surface area contributed by atoms with Gasteiger partial charge in [0.15, 0.2) is 0 Å². The summed E-state index contributed by atoms with van der Waals surface area (Å²) in [5.41, 5.74) is 2.72. The maximum Gasteiger partial charge on any atom is 0.310 e. The molecule has 2 nitrogen and oxygen atoms in total. The van der Waals surface area contributed by atoms with Crippen LogP contribution in [-0.4, -0.2) is 11.1 Å². The van der Waals surface area contributed by atoms with Crippen molar-refractivity contribution < 1.29 is 9.90 Å². The first-order chi connectivity index (χ1) is 8.89. The molecule has 1 fully saturated rings. The summed E-state index contributed by atoms with van der Waals surface area (Å²) in [7, 11) is 0. The molecule has 1 aliphatic rings. The van der Waals surface area contributed by atoms with E-state index in [4.69, 9.17) is 5.11 Å². The highest BCUT2D eigenvalue weighted by molar-refractivity contribution is 5.75. The van der Waals surface area contributed by atoms with Crippen LogP contribution in [0.4, 0.5) is 0 Å². The zero-order chi connectivity index (χ0) is 14.0. The molecule has 1 aromatic carbocycles. The van der Waals surface area contributed by atoms with Gasteiger partial charge >= 0.3 is 5.97 Å². The lowest BCUT2D eigenvalue weighted by atomic mass is 9.71. The van der Waals surface area contributed by atoms with E-state index in [-0.39, 0.29) is 0 Å². The molecule has 0 spiro atoms. The van der Waals surface area contributed by atoms with Gasteiger partial charge in [-0.15, -0.1) is 0 Å². The molecule has 1 atom stereocenters. The first-order valence-electron chi connectivity index (χ1n) is 7.22. The highest BCUT2D eigenvalue weighted by Gasteiger charge is 2.27. The summed E-state index contributed by atoms with van der Waals surface area (Å²) >= 11 is 0. The van der Waals surface area contributed by atoms with E-state index in [1.165, 1.54) is 31.2 Å². The fraction of sp³-hybridized carbons (Fsp3) is 0.588. The number of aliphatic carboxylic acids is 1. The fourth-order valence-corrected chi connectivity index (χ4v) is 2.96. The van der Waals surface area contributed by atoms with Gasteiger partial charge in [-0.3, -0.25) is 4.79 Å². The minimum atomic E-state index is -0.748. The van der Waals surface area contributed by atoms with E-state index >= 15 is 0 Å². The van der Waals surface area contributed by atoms with Crippen LogP contribution < -0.4 is 0 Å². The first-order valence-corrected chi connectivity index (χ1v) is 7.22. The lowest BCUT2D eigenvalue weighted by Crippen LogP contribution is -2.20. The van der Waals surface area contributed by atoms with Crippen LogP contribution in [0.1, 0.15) is 69.4 Å². The van der Waals surface area contributed by atoms with E-state index in [1.807, 2.05) is 12.1 Å². The Kier molecular flexibility index (Phi) is 3.98. The van der Waals surface area contributed by atoms with Crippen LogP contribution in [-0.2, 0) is 4.79 Å². The van der Waals surface area contributed by atoms with Gasteiger partial charge in [0, 0.05) is 0 Å². The van der Waals surface area contributed by atoms with Gasteiger partial charge in [-0.2, -0.15) is 0 Å². The summed E-state index contributed by atoms with van der Waals surface area (Å²) in [6.07, 6.45) is 4.96. The SMILES string of the molecule is CC(C(=O)O)c1cccc(C2CCC(C)(C)CC2)c1. The smallest absolute Gasteiger partial charge is 0.310 e. The van der Waals surface area contributed by atoms with E-state index in [1.54, 1.807) is 6.92 Å². The molecule has 1 aliphatic carbocycles. The molecule has 0 aromatic heterocycles. The third-order valence-electron chi connectivity index (χ3n) is 4.59. The highest BCUT2D eigenvalue weighted by atomic mass is 16.4. The predicted octanol–water partition coefficient (Wildman–Crippen LogP) is 4.56. The summed E-state index contributed by atoms with van der Waals surface area (Å²) < 4.78 is 0. The molecule has 0 amide bonds. The fourth-order valence-electron chi connectivity index (χ4n) is 2.96. The number of hydrogen-bond donors (Lipinski definition) is 1. The number of rotatable bonds is 3. The number of carbonyl (C=O) groups is 1. The molecule has 0 aliphatic heterocycles. The standard InChI is InChI=1S/C17H24O2/c1-12(16(18)19)14-5-4-6-15(11-14)13-7-9-17(2,3)10-8-13/h4-6,11-13H,7-10H2,1-3H3,(H,18,19). The van der Waals surface area contributed by atoms with Crippen LogP contribution >= 0.6 is 0 Å².